The van der Waals surface area contributed by atoms with Crippen molar-refractivity contribution in [1.82, 2.24) is 10.3 Å². The Bertz CT molecular complexity index is 701. The summed E-state index contributed by atoms with van der Waals surface area (Å²) >= 11 is 0. The first-order valence-corrected chi connectivity index (χ1v) is 7.79. The van der Waals surface area contributed by atoms with Crippen LogP contribution in [0.5, 0.6) is 5.75 Å². The first kappa shape index (κ1) is 15.3. The van der Waals surface area contributed by atoms with Crippen LogP contribution >= 0.6 is 0 Å². The lowest BCUT2D eigenvalue weighted by Gasteiger charge is -2.21. The van der Waals surface area contributed by atoms with Crippen LogP contribution in [0, 0.1) is 0 Å². The standard InChI is InChI=1S/C18H21N3O2/c1-13(22)20-8-10-21-9-5-15-11-16(14-3-6-19-7-4-14)18(23-2)12-17(15)21/h3-4,6-7,11-12H,5,8-10H2,1-2H3,(H,20,22). The van der Waals surface area contributed by atoms with Crippen molar-refractivity contribution in [3.63, 3.8) is 0 Å². The summed E-state index contributed by atoms with van der Waals surface area (Å²) in [4.78, 5) is 17.4. The maximum atomic E-state index is 11.0. The highest BCUT2D eigenvalue weighted by Crippen LogP contribution is 2.39. The van der Waals surface area contributed by atoms with E-state index in [1.54, 1.807) is 26.4 Å². The number of benzene rings is 1. The fraction of sp³-hybridized carbons (Fsp3) is 0.333. The van der Waals surface area contributed by atoms with Gasteiger partial charge in [-0.25, -0.2) is 0 Å². The molecule has 5 nitrogen and oxygen atoms in total. The lowest BCUT2D eigenvalue weighted by atomic mass is 10.0. The molecule has 23 heavy (non-hydrogen) atoms. The number of anilines is 1. The number of pyridine rings is 1. The molecular weight excluding hydrogens is 290 g/mol. The molecule has 0 unspecified atom stereocenters. The SMILES string of the molecule is COc1cc2c(cc1-c1ccncc1)CCN2CCNC(C)=O. The van der Waals surface area contributed by atoms with Crippen molar-refractivity contribution < 1.29 is 9.53 Å². The van der Waals surface area contributed by atoms with Gasteiger partial charge in [0.25, 0.3) is 0 Å². The Morgan fingerprint density at radius 3 is 2.83 bits per heavy atom. The van der Waals surface area contributed by atoms with Gasteiger partial charge in [0.05, 0.1) is 7.11 Å². The number of methoxy groups -OCH3 is 1. The van der Waals surface area contributed by atoms with Crippen molar-refractivity contribution in [2.45, 2.75) is 13.3 Å². The van der Waals surface area contributed by atoms with Crippen molar-refractivity contribution in [2.24, 2.45) is 0 Å². The zero-order valence-electron chi connectivity index (χ0n) is 13.5. The van der Waals surface area contributed by atoms with E-state index in [0.717, 1.165) is 36.4 Å². The zero-order valence-corrected chi connectivity index (χ0v) is 13.5. The molecule has 0 fully saturated rings. The Hall–Kier alpha value is -2.56. The first-order chi connectivity index (χ1) is 11.2. The van der Waals surface area contributed by atoms with Gasteiger partial charge < -0.3 is 15.0 Å². The maximum Gasteiger partial charge on any atom is 0.216 e. The molecule has 0 aliphatic carbocycles. The van der Waals surface area contributed by atoms with Gasteiger partial charge in [-0.3, -0.25) is 9.78 Å². The van der Waals surface area contributed by atoms with Crippen LogP contribution in [-0.4, -0.2) is 37.6 Å². The van der Waals surface area contributed by atoms with E-state index in [4.69, 9.17) is 4.74 Å². The molecule has 2 aromatic rings. The van der Waals surface area contributed by atoms with Crippen molar-refractivity contribution in [3.05, 3.63) is 42.2 Å². The number of nitrogens with one attached hydrogen (secondary N) is 1. The van der Waals surface area contributed by atoms with E-state index in [1.165, 1.54) is 11.3 Å². The predicted molar refractivity (Wildman–Crippen MR) is 90.8 cm³/mol. The third kappa shape index (κ3) is 3.28. The number of ether oxygens (including phenoxy) is 1. The van der Waals surface area contributed by atoms with Crippen LogP contribution in [0.2, 0.25) is 0 Å². The van der Waals surface area contributed by atoms with E-state index < -0.39 is 0 Å². The summed E-state index contributed by atoms with van der Waals surface area (Å²) < 4.78 is 5.60. The fourth-order valence-electron chi connectivity index (χ4n) is 3.01. The van der Waals surface area contributed by atoms with Gasteiger partial charge in [0.2, 0.25) is 5.91 Å². The predicted octanol–water partition coefficient (Wildman–Crippen LogP) is 2.26. The lowest BCUT2D eigenvalue weighted by Crippen LogP contribution is -2.32. The molecule has 5 heteroatoms. The van der Waals surface area contributed by atoms with E-state index in [0.29, 0.717) is 6.54 Å². The van der Waals surface area contributed by atoms with Crippen molar-refractivity contribution in [1.29, 1.82) is 0 Å². The number of hydrogen-bond donors (Lipinski definition) is 1. The quantitative estimate of drug-likeness (QED) is 0.920. The van der Waals surface area contributed by atoms with Crippen LogP contribution < -0.4 is 15.0 Å². The number of amides is 1. The highest BCUT2D eigenvalue weighted by Gasteiger charge is 2.22. The number of aromatic nitrogens is 1. The Kier molecular flexibility index (Phi) is 4.46. The zero-order chi connectivity index (χ0) is 16.2. The maximum absolute atomic E-state index is 11.0. The number of carbonyl (C=O) groups is 1. The second-order valence-electron chi connectivity index (χ2n) is 5.64. The van der Waals surface area contributed by atoms with Crippen LogP contribution in [0.3, 0.4) is 0 Å². The Morgan fingerprint density at radius 2 is 2.13 bits per heavy atom. The Balaban J connectivity index is 1.87. The highest BCUT2D eigenvalue weighted by atomic mass is 16.5. The van der Waals surface area contributed by atoms with E-state index >= 15 is 0 Å². The summed E-state index contributed by atoms with van der Waals surface area (Å²) in [5.74, 6) is 0.872. The summed E-state index contributed by atoms with van der Waals surface area (Å²) in [6.45, 7) is 3.98. The van der Waals surface area contributed by atoms with Gasteiger partial charge in [-0.2, -0.15) is 0 Å². The number of rotatable bonds is 5. The van der Waals surface area contributed by atoms with E-state index in [9.17, 15) is 4.79 Å². The minimum Gasteiger partial charge on any atom is -0.496 e. The molecule has 0 saturated carbocycles. The molecule has 3 rings (SSSR count). The van der Waals surface area contributed by atoms with Crippen molar-refractivity contribution >= 4 is 11.6 Å². The molecule has 120 valence electrons. The smallest absolute Gasteiger partial charge is 0.216 e. The van der Waals surface area contributed by atoms with Crippen LogP contribution in [0.4, 0.5) is 5.69 Å². The summed E-state index contributed by atoms with van der Waals surface area (Å²) in [7, 11) is 1.70. The van der Waals surface area contributed by atoms with Gasteiger partial charge in [-0.05, 0) is 35.7 Å². The third-order valence-corrected chi connectivity index (χ3v) is 4.14. The van der Waals surface area contributed by atoms with E-state index in [2.05, 4.69) is 27.3 Å². The molecule has 0 atom stereocenters. The number of hydrogen-bond acceptors (Lipinski definition) is 4. The topological polar surface area (TPSA) is 54.5 Å². The number of fused-ring (bicyclic) bond motifs is 1. The van der Waals surface area contributed by atoms with Gasteiger partial charge in [0.1, 0.15) is 5.75 Å². The number of nitrogens with zero attached hydrogens (tertiary/aromatic N) is 2. The summed E-state index contributed by atoms with van der Waals surface area (Å²) in [6, 6.07) is 8.30. The van der Waals surface area contributed by atoms with E-state index in [1.807, 2.05) is 12.1 Å². The van der Waals surface area contributed by atoms with Crippen molar-refractivity contribution in [3.8, 4) is 16.9 Å². The molecule has 1 aromatic heterocycles. The summed E-state index contributed by atoms with van der Waals surface area (Å²) in [5.41, 5.74) is 4.72. The van der Waals surface area contributed by atoms with Gasteiger partial charge in [0.15, 0.2) is 0 Å². The molecule has 2 heterocycles. The molecule has 1 aliphatic heterocycles. The number of carbonyl (C=O) groups excluding carboxylic acids is 1. The molecule has 0 spiro atoms. The second-order valence-corrected chi connectivity index (χ2v) is 5.64. The van der Waals surface area contributed by atoms with Crippen LogP contribution in [0.1, 0.15) is 12.5 Å². The fourth-order valence-corrected chi connectivity index (χ4v) is 3.01. The van der Waals surface area contributed by atoms with E-state index in [-0.39, 0.29) is 5.91 Å². The van der Waals surface area contributed by atoms with Crippen LogP contribution in [0.25, 0.3) is 11.1 Å². The normalized spacial score (nSPS) is 12.9. The minimum atomic E-state index is 0.00929. The summed E-state index contributed by atoms with van der Waals surface area (Å²) in [5, 5.41) is 2.85. The van der Waals surface area contributed by atoms with Gasteiger partial charge >= 0.3 is 0 Å². The third-order valence-electron chi connectivity index (χ3n) is 4.14. The monoisotopic (exact) mass is 311 g/mol. The van der Waals surface area contributed by atoms with Gasteiger partial charge in [-0.1, -0.05) is 0 Å². The second kappa shape index (κ2) is 6.69. The largest absolute Gasteiger partial charge is 0.496 e. The Morgan fingerprint density at radius 1 is 1.35 bits per heavy atom. The van der Waals surface area contributed by atoms with Crippen LogP contribution in [0.15, 0.2) is 36.7 Å². The van der Waals surface area contributed by atoms with Crippen LogP contribution in [-0.2, 0) is 11.2 Å². The minimum absolute atomic E-state index is 0.00929. The first-order valence-electron chi connectivity index (χ1n) is 7.79. The van der Waals surface area contributed by atoms with Gasteiger partial charge in [0, 0.05) is 56.3 Å². The molecule has 1 aliphatic rings. The molecule has 1 amide bonds. The highest BCUT2D eigenvalue weighted by molar-refractivity contribution is 5.77. The molecule has 0 bridgehead atoms. The van der Waals surface area contributed by atoms with Gasteiger partial charge in [-0.15, -0.1) is 0 Å². The van der Waals surface area contributed by atoms with Crippen molar-refractivity contribution in [2.75, 3.05) is 31.6 Å². The molecule has 0 radical (unpaired) electrons. The average molecular weight is 311 g/mol. The molecule has 0 saturated heterocycles. The average Bonchev–Trinajstić information content (AvgIpc) is 2.96. The summed E-state index contributed by atoms with van der Waals surface area (Å²) in [6.07, 6.45) is 4.60. The molecular formula is C18H21N3O2. The Labute approximate surface area is 136 Å². The molecule has 1 aromatic carbocycles. The lowest BCUT2D eigenvalue weighted by molar-refractivity contribution is -0.118. The molecule has 1 N–H and O–H groups in total.